The van der Waals surface area contributed by atoms with Crippen LogP contribution in [-0.4, -0.2) is 21.7 Å². The maximum absolute atomic E-state index is 12.5. The van der Waals surface area contributed by atoms with Crippen LogP contribution in [0.1, 0.15) is 46.0 Å². The largest absolute Gasteiger partial charge is 0.455 e. The topological polar surface area (TPSA) is 106 Å². The predicted octanol–water partition coefficient (Wildman–Crippen LogP) is 1.79. The van der Waals surface area contributed by atoms with Crippen LogP contribution in [-0.2, 0) is 13.0 Å². The average molecular weight is 357 g/mol. The summed E-state index contributed by atoms with van der Waals surface area (Å²) in [6, 6.07) is 5.56. The molecule has 0 saturated heterocycles. The van der Waals surface area contributed by atoms with Gasteiger partial charge in [-0.25, -0.2) is 0 Å². The fraction of sp³-hybridized carbons (Fsp3) is 0.294. The fourth-order valence-electron chi connectivity index (χ4n) is 2.87. The SMILES string of the molecule is Cc1c(C(=O)NCc2ccccn2)oc2c1/C(=N/NC(N)=S)CCC2. The minimum absolute atomic E-state index is 0.106. The Kier molecular flexibility index (Phi) is 5.08. The van der Waals surface area contributed by atoms with Gasteiger partial charge in [0.25, 0.3) is 5.91 Å². The van der Waals surface area contributed by atoms with E-state index < -0.39 is 0 Å². The standard InChI is InChI=1S/C17H19N5O2S/c1-10-14-12(21-22-17(18)25)6-4-7-13(14)24-15(10)16(23)20-9-11-5-2-3-8-19-11/h2-3,5,8H,4,6-7,9H2,1H3,(H,20,23)(H3,18,22,25)/b21-12+. The summed E-state index contributed by atoms with van der Waals surface area (Å²) in [5, 5.41) is 7.19. The summed E-state index contributed by atoms with van der Waals surface area (Å²) in [6.07, 6.45) is 4.14. The summed E-state index contributed by atoms with van der Waals surface area (Å²) in [6.45, 7) is 2.20. The van der Waals surface area contributed by atoms with E-state index in [9.17, 15) is 4.79 Å². The Morgan fingerprint density at radius 3 is 3.00 bits per heavy atom. The molecule has 0 fully saturated rings. The smallest absolute Gasteiger partial charge is 0.287 e. The van der Waals surface area contributed by atoms with E-state index in [-0.39, 0.29) is 11.0 Å². The molecule has 2 aromatic heterocycles. The predicted molar refractivity (Wildman–Crippen MR) is 98.2 cm³/mol. The van der Waals surface area contributed by atoms with Crippen LogP contribution in [0.4, 0.5) is 0 Å². The maximum Gasteiger partial charge on any atom is 0.287 e. The number of aromatic nitrogens is 1. The first-order valence-corrected chi connectivity index (χ1v) is 8.40. The van der Waals surface area contributed by atoms with Crippen LogP contribution in [0.5, 0.6) is 0 Å². The van der Waals surface area contributed by atoms with Gasteiger partial charge in [-0.2, -0.15) is 5.10 Å². The number of amides is 1. The molecular formula is C17H19N5O2S. The van der Waals surface area contributed by atoms with Gasteiger partial charge in [0.15, 0.2) is 10.9 Å². The summed E-state index contributed by atoms with van der Waals surface area (Å²) in [5.74, 6) is 0.820. The van der Waals surface area contributed by atoms with Crippen molar-refractivity contribution in [1.82, 2.24) is 15.7 Å². The second-order valence-electron chi connectivity index (χ2n) is 5.75. The van der Waals surface area contributed by atoms with Gasteiger partial charge in [0.05, 0.1) is 18.0 Å². The molecule has 0 aromatic carbocycles. The van der Waals surface area contributed by atoms with Crippen molar-refractivity contribution in [3.63, 3.8) is 0 Å². The summed E-state index contributed by atoms with van der Waals surface area (Å²) < 4.78 is 5.82. The number of pyridine rings is 1. The molecule has 3 rings (SSSR count). The third-order valence-corrected chi connectivity index (χ3v) is 4.08. The number of thiocarbonyl (C=S) groups is 1. The van der Waals surface area contributed by atoms with Crippen LogP contribution >= 0.6 is 12.2 Å². The molecule has 4 N–H and O–H groups in total. The van der Waals surface area contributed by atoms with Crippen molar-refractivity contribution in [1.29, 1.82) is 0 Å². The highest BCUT2D eigenvalue weighted by Crippen LogP contribution is 2.29. The Morgan fingerprint density at radius 1 is 1.44 bits per heavy atom. The Hall–Kier alpha value is -2.74. The minimum atomic E-state index is -0.265. The number of aryl methyl sites for hydroxylation is 1. The molecule has 7 nitrogen and oxygen atoms in total. The van der Waals surface area contributed by atoms with Crippen LogP contribution in [0, 0.1) is 6.92 Å². The van der Waals surface area contributed by atoms with E-state index in [1.807, 2.05) is 25.1 Å². The third kappa shape index (κ3) is 3.85. The van der Waals surface area contributed by atoms with E-state index in [0.29, 0.717) is 12.3 Å². The first-order chi connectivity index (χ1) is 12.1. The normalized spacial score (nSPS) is 14.8. The fourth-order valence-corrected chi connectivity index (χ4v) is 2.92. The summed E-state index contributed by atoms with van der Waals surface area (Å²) in [5.41, 5.74) is 11.3. The highest BCUT2D eigenvalue weighted by Gasteiger charge is 2.27. The molecule has 1 aliphatic carbocycles. The van der Waals surface area contributed by atoms with Crippen LogP contribution in [0.3, 0.4) is 0 Å². The van der Waals surface area contributed by atoms with Gasteiger partial charge in [-0.3, -0.25) is 15.2 Å². The molecule has 25 heavy (non-hydrogen) atoms. The molecule has 0 radical (unpaired) electrons. The molecule has 0 unspecified atom stereocenters. The minimum Gasteiger partial charge on any atom is -0.455 e. The molecule has 0 bridgehead atoms. The first-order valence-electron chi connectivity index (χ1n) is 7.99. The summed E-state index contributed by atoms with van der Waals surface area (Å²) in [7, 11) is 0. The van der Waals surface area contributed by atoms with Crippen LogP contribution < -0.4 is 16.5 Å². The Bertz CT molecular complexity index is 829. The van der Waals surface area contributed by atoms with Gasteiger partial charge in [-0.15, -0.1) is 0 Å². The van der Waals surface area contributed by atoms with Crippen molar-refractivity contribution in [2.75, 3.05) is 0 Å². The lowest BCUT2D eigenvalue weighted by molar-refractivity contribution is 0.0920. The first kappa shape index (κ1) is 17.1. The molecule has 130 valence electrons. The van der Waals surface area contributed by atoms with E-state index in [2.05, 4.69) is 20.8 Å². The zero-order chi connectivity index (χ0) is 17.8. The molecule has 0 spiro atoms. The van der Waals surface area contributed by atoms with E-state index in [4.69, 9.17) is 22.4 Å². The molecule has 2 heterocycles. The Morgan fingerprint density at radius 2 is 2.28 bits per heavy atom. The van der Waals surface area contributed by atoms with Crippen LogP contribution in [0.2, 0.25) is 0 Å². The number of nitrogens with two attached hydrogens (primary N) is 1. The number of hydrazone groups is 1. The number of carbonyl (C=O) groups is 1. The quantitative estimate of drug-likeness (QED) is 0.569. The number of nitrogens with zero attached hydrogens (tertiary/aromatic N) is 2. The Balaban J connectivity index is 1.80. The monoisotopic (exact) mass is 357 g/mol. The van der Waals surface area contributed by atoms with Gasteiger partial charge in [-0.1, -0.05) is 6.07 Å². The Labute approximate surface area is 150 Å². The lowest BCUT2D eigenvalue weighted by Crippen LogP contribution is -2.26. The maximum atomic E-state index is 12.5. The van der Waals surface area contributed by atoms with Crippen molar-refractivity contribution < 1.29 is 9.21 Å². The second-order valence-corrected chi connectivity index (χ2v) is 6.19. The van der Waals surface area contributed by atoms with E-state index in [1.54, 1.807) is 6.20 Å². The average Bonchev–Trinajstić information content (AvgIpc) is 2.96. The molecule has 0 aliphatic heterocycles. The number of nitrogens with one attached hydrogen (secondary N) is 2. The van der Waals surface area contributed by atoms with Gasteiger partial charge in [0.1, 0.15) is 5.76 Å². The molecule has 1 amide bonds. The van der Waals surface area contributed by atoms with E-state index >= 15 is 0 Å². The number of fused-ring (bicyclic) bond motifs is 1. The molecule has 0 saturated carbocycles. The van der Waals surface area contributed by atoms with E-state index in [0.717, 1.165) is 47.6 Å². The van der Waals surface area contributed by atoms with Gasteiger partial charge in [0.2, 0.25) is 0 Å². The number of carbonyl (C=O) groups excluding carboxylic acids is 1. The van der Waals surface area contributed by atoms with Crippen molar-refractivity contribution in [2.24, 2.45) is 10.8 Å². The van der Waals surface area contributed by atoms with Crippen molar-refractivity contribution in [3.05, 3.63) is 52.7 Å². The van der Waals surface area contributed by atoms with Crippen molar-refractivity contribution >= 4 is 28.9 Å². The number of hydrogen-bond donors (Lipinski definition) is 3. The summed E-state index contributed by atoms with van der Waals surface area (Å²) in [4.78, 5) is 16.7. The van der Waals surface area contributed by atoms with Gasteiger partial charge in [-0.05, 0) is 44.1 Å². The highest BCUT2D eigenvalue weighted by atomic mass is 32.1. The highest BCUT2D eigenvalue weighted by molar-refractivity contribution is 7.80. The van der Waals surface area contributed by atoms with Crippen molar-refractivity contribution in [3.8, 4) is 0 Å². The number of hydrogen-bond acceptors (Lipinski definition) is 5. The van der Waals surface area contributed by atoms with Gasteiger partial charge >= 0.3 is 0 Å². The zero-order valence-electron chi connectivity index (χ0n) is 13.8. The van der Waals surface area contributed by atoms with Gasteiger partial charge < -0.3 is 15.5 Å². The second kappa shape index (κ2) is 7.43. The van der Waals surface area contributed by atoms with Crippen LogP contribution in [0.25, 0.3) is 0 Å². The molecule has 2 aromatic rings. The van der Waals surface area contributed by atoms with Gasteiger partial charge in [0, 0.05) is 23.7 Å². The molecule has 1 aliphatic rings. The lowest BCUT2D eigenvalue weighted by atomic mass is 9.93. The third-order valence-electron chi connectivity index (χ3n) is 3.99. The van der Waals surface area contributed by atoms with Crippen molar-refractivity contribution in [2.45, 2.75) is 32.7 Å². The number of rotatable bonds is 4. The van der Waals surface area contributed by atoms with Crippen LogP contribution in [0.15, 0.2) is 33.9 Å². The summed E-state index contributed by atoms with van der Waals surface area (Å²) >= 11 is 4.79. The lowest BCUT2D eigenvalue weighted by Gasteiger charge is -2.13. The zero-order valence-corrected chi connectivity index (χ0v) is 14.7. The molecular weight excluding hydrogens is 338 g/mol. The molecule has 8 heteroatoms. The molecule has 0 atom stereocenters. The number of furan rings is 1. The van der Waals surface area contributed by atoms with E-state index in [1.165, 1.54) is 0 Å².